The van der Waals surface area contributed by atoms with Crippen LogP contribution in [0.3, 0.4) is 0 Å². The standard InChI is InChI=1S/C16H23F2NO2/c1-4-7-21-11-15(20)10-19(12(2)3)9-13-5-6-14(17)8-16(13)18/h4-6,8,12,15,20H,1,7,9-11H2,2-3H3. The van der Waals surface area contributed by atoms with Crippen molar-refractivity contribution in [2.75, 3.05) is 19.8 Å². The van der Waals surface area contributed by atoms with Gasteiger partial charge in [0.1, 0.15) is 11.6 Å². The predicted molar refractivity (Wildman–Crippen MR) is 78.9 cm³/mol. The molecule has 0 radical (unpaired) electrons. The third kappa shape index (κ3) is 6.33. The summed E-state index contributed by atoms with van der Waals surface area (Å²) < 4.78 is 31.8. The summed E-state index contributed by atoms with van der Waals surface area (Å²) in [5.74, 6) is -1.16. The van der Waals surface area contributed by atoms with Crippen LogP contribution in [0.4, 0.5) is 8.78 Å². The minimum Gasteiger partial charge on any atom is -0.389 e. The lowest BCUT2D eigenvalue weighted by Crippen LogP contribution is -2.39. The smallest absolute Gasteiger partial charge is 0.130 e. The fraction of sp³-hybridized carbons (Fsp3) is 0.500. The summed E-state index contributed by atoms with van der Waals surface area (Å²) in [5, 5.41) is 9.93. The molecule has 0 spiro atoms. The van der Waals surface area contributed by atoms with E-state index in [1.807, 2.05) is 18.7 Å². The Labute approximate surface area is 124 Å². The number of hydrogen-bond donors (Lipinski definition) is 1. The van der Waals surface area contributed by atoms with Gasteiger partial charge in [-0.25, -0.2) is 8.78 Å². The van der Waals surface area contributed by atoms with Crippen LogP contribution in [0.15, 0.2) is 30.9 Å². The molecule has 0 aromatic heterocycles. The van der Waals surface area contributed by atoms with Crippen molar-refractivity contribution < 1.29 is 18.6 Å². The summed E-state index contributed by atoms with van der Waals surface area (Å²) in [5.41, 5.74) is 0.407. The molecule has 0 saturated carbocycles. The highest BCUT2D eigenvalue weighted by molar-refractivity contribution is 5.18. The fourth-order valence-electron chi connectivity index (χ4n) is 1.94. The summed E-state index contributed by atoms with van der Waals surface area (Å²) in [4.78, 5) is 1.91. The molecule has 3 nitrogen and oxygen atoms in total. The van der Waals surface area contributed by atoms with Crippen LogP contribution in [-0.2, 0) is 11.3 Å². The van der Waals surface area contributed by atoms with E-state index in [-0.39, 0.29) is 12.6 Å². The molecule has 0 fully saturated rings. The van der Waals surface area contributed by atoms with Crippen molar-refractivity contribution in [1.82, 2.24) is 4.90 Å². The maximum atomic E-state index is 13.7. The van der Waals surface area contributed by atoms with Crippen molar-refractivity contribution in [3.05, 3.63) is 48.1 Å². The number of hydrogen-bond acceptors (Lipinski definition) is 3. The van der Waals surface area contributed by atoms with E-state index >= 15 is 0 Å². The molecule has 0 aliphatic rings. The first-order valence-corrected chi connectivity index (χ1v) is 6.98. The lowest BCUT2D eigenvalue weighted by molar-refractivity contribution is 0.0176. The van der Waals surface area contributed by atoms with Gasteiger partial charge in [-0.1, -0.05) is 12.1 Å². The van der Waals surface area contributed by atoms with Crippen molar-refractivity contribution in [3.8, 4) is 0 Å². The SMILES string of the molecule is C=CCOCC(O)CN(Cc1ccc(F)cc1F)C(C)C. The van der Waals surface area contributed by atoms with E-state index in [9.17, 15) is 13.9 Å². The number of rotatable bonds is 9. The van der Waals surface area contributed by atoms with Gasteiger partial charge in [0, 0.05) is 30.8 Å². The quantitative estimate of drug-likeness (QED) is 0.562. The molecule has 1 aromatic carbocycles. The molecule has 1 rings (SSSR count). The Morgan fingerprint density at radius 3 is 2.67 bits per heavy atom. The van der Waals surface area contributed by atoms with Crippen molar-refractivity contribution in [2.24, 2.45) is 0 Å². The lowest BCUT2D eigenvalue weighted by atomic mass is 10.1. The summed E-state index contributed by atoms with van der Waals surface area (Å²) in [6, 6.07) is 3.65. The molecule has 0 heterocycles. The van der Waals surface area contributed by atoms with Crippen LogP contribution < -0.4 is 0 Å². The molecule has 118 valence electrons. The molecule has 0 aliphatic heterocycles. The normalized spacial score (nSPS) is 12.9. The van der Waals surface area contributed by atoms with Gasteiger partial charge in [-0.05, 0) is 19.9 Å². The molecule has 5 heteroatoms. The molecule has 1 N–H and O–H groups in total. The zero-order valence-electron chi connectivity index (χ0n) is 12.6. The Morgan fingerprint density at radius 1 is 1.38 bits per heavy atom. The number of ether oxygens (including phenoxy) is 1. The second-order valence-corrected chi connectivity index (χ2v) is 5.24. The average Bonchev–Trinajstić information content (AvgIpc) is 2.41. The van der Waals surface area contributed by atoms with E-state index in [0.717, 1.165) is 6.07 Å². The minimum atomic E-state index is -0.671. The summed E-state index contributed by atoms with van der Waals surface area (Å²) >= 11 is 0. The number of nitrogens with zero attached hydrogens (tertiary/aromatic N) is 1. The predicted octanol–water partition coefficient (Wildman–Crippen LogP) is 2.74. The summed E-state index contributed by atoms with van der Waals surface area (Å²) in [6.45, 7) is 8.68. The van der Waals surface area contributed by atoms with Crippen molar-refractivity contribution in [1.29, 1.82) is 0 Å². The molecule has 0 amide bonds. The second kappa shape index (κ2) is 8.87. The molecule has 1 atom stereocenters. The largest absolute Gasteiger partial charge is 0.389 e. The third-order valence-corrected chi connectivity index (χ3v) is 3.11. The first-order valence-electron chi connectivity index (χ1n) is 6.98. The number of aliphatic hydroxyl groups is 1. The molecule has 0 aliphatic carbocycles. The van der Waals surface area contributed by atoms with Crippen molar-refractivity contribution in [2.45, 2.75) is 32.5 Å². The molecular formula is C16H23F2NO2. The fourth-order valence-corrected chi connectivity index (χ4v) is 1.94. The molecule has 1 unspecified atom stereocenters. The van der Waals surface area contributed by atoms with Gasteiger partial charge in [-0.2, -0.15) is 0 Å². The highest BCUT2D eigenvalue weighted by atomic mass is 19.1. The van der Waals surface area contributed by atoms with Crippen LogP contribution in [0.5, 0.6) is 0 Å². The number of halogens is 2. The summed E-state index contributed by atoms with van der Waals surface area (Å²) in [7, 11) is 0. The molecule has 1 aromatic rings. The Balaban J connectivity index is 2.62. The van der Waals surface area contributed by atoms with Gasteiger partial charge in [0.25, 0.3) is 0 Å². The number of aliphatic hydroxyl groups excluding tert-OH is 1. The highest BCUT2D eigenvalue weighted by Gasteiger charge is 2.17. The van der Waals surface area contributed by atoms with Gasteiger partial charge in [-0.3, -0.25) is 4.90 Å². The maximum absolute atomic E-state index is 13.7. The zero-order chi connectivity index (χ0) is 15.8. The Kier molecular flexibility index (Phi) is 7.50. The van der Waals surface area contributed by atoms with Crippen LogP contribution in [0, 0.1) is 11.6 Å². The van der Waals surface area contributed by atoms with Crippen LogP contribution in [0.1, 0.15) is 19.4 Å². The number of benzene rings is 1. The Bertz CT molecular complexity index is 452. The second-order valence-electron chi connectivity index (χ2n) is 5.24. The van der Waals surface area contributed by atoms with Gasteiger partial charge in [0.2, 0.25) is 0 Å². The van der Waals surface area contributed by atoms with E-state index in [1.54, 1.807) is 6.08 Å². The first-order chi connectivity index (χ1) is 9.93. The van der Waals surface area contributed by atoms with Gasteiger partial charge < -0.3 is 9.84 Å². The van der Waals surface area contributed by atoms with Gasteiger partial charge in [0.15, 0.2) is 0 Å². The van der Waals surface area contributed by atoms with Crippen LogP contribution in [0.25, 0.3) is 0 Å². The summed E-state index contributed by atoms with van der Waals surface area (Å²) in [6.07, 6.45) is 0.941. The van der Waals surface area contributed by atoms with E-state index in [1.165, 1.54) is 12.1 Å². The molecule has 21 heavy (non-hydrogen) atoms. The third-order valence-electron chi connectivity index (χ3n) is 3.11. The lowest BCUT2D eigenvalue weighted by Gasteiger charge is -2.28. The average molecular weight is 299 g/mol. The van der Waals surface area contributed by atoms with Gasteiger partial charge in [-0.15, -0.1) is 6.58 Å². The van der Waals surface area contributed by atoms with Gasteiger partial charge >= 0.3 is 0 Å². The maximum Gasteiger partial charge on any atom is 0.130 e. The van der Waals surface area contributed by atoms with Crippen LogP contribution in [-0.4, -0.2) is 41.9 Å². The van der Waals surface area contributed by atoms with Gasteiger partial charge in [0.05, 0.1) is 19.3 Å². The van der Waals surface area contributed by atoms with Crippen LogP contribution in [0.2, 0.25) is 0 Å². The highest BCUT2D eigenvalue weighted by Crippen LogP contribution is 2.14. The van der Waals surface area contributed by atoms with E-state index in [2.05, 4.69) is 6.58 Å². The zero-order valence-corrected chi connectivity index (χ0v) is 12.6. The minimum absolute atomic E-state index is 0.114. The first kappa shape index (κ1) is 17.8. The topological polar surface area (TPSA) is 32.7 Å². The van der Waals surface area contributed by atoms with E-state index in [0.29, 0.717) is 25.3 Å². The van der Waals surface area contributed by atoms with E-state index < -0.39 is 17.7 Å². The van der Waals surface area contributed by atoms with E-state index in [4.69, 9.17) is 4.74 Å². The van der Waals surface area contributed by atoms with Crippen molar-refractivity contribution in [3.63, 3.8) is 0 Å². The van der Waals surface area contributed by atoms with Crippen LogP contribution >= 0.6 is 0 Å². The van der Waals surface area contributed by atoms with Crippen molar-refractivity contribution >= 4 is 0 Å². The monoisotopic (exact) mass is 299 g/mol. The Hall–Kier alpha value is -1.30. The molecule has 0 bridgehead atoms. The Morgan fingerprint density at radius 2 is 2.10 bits per heavy atom. The molecule has 0 saturated heterocycles. The molecular weight excluding hydrogens is 276 g/mol.